The van der Waals surface area contributed by atoms with Crippen molar-refractivity contribution in [2.24, 2.45) is 0 Å². The molecule has 0 bridgehead atoms. The van der Waals surface area contributed by atoms with E-state index in [1.165, 1.54) is 12.1 Å². The maximum atomic E-state index is 11.7. The zero-order chi connectivity index (χ0) is 12.3. The standard InChI is InChI=1S/C13H9ClO3/c14-11-8-4-7-10(12(11)15)13(16)17-9-5-2-1-3-6-9/h1-8,15H. The van der Waals surface area contributed by atoms with Crippen molar-refractivity contribution in [2.75, 3.05) is 0 Å². The summed E-state index contributed by atoms with van der Waals surface area (Å²) < 4.78 is 5.08. The molecule has 4 heteroatoms. The van der Waals surface area contributed by atoms with Crippen molar-refractivity contribution in [3.05, 3.63) is 59.1 Å². The number of carbonyl (C=O) groups excluding carboxylic acids is 1. The Morgan fingerprint density at radius 1 is 1.06 bits per heavy atom. The molecule has 0 saturated carbocycles. The van der Waals surface area contributed by atoms with Crippen molar-refractivity contribution in [1.82, 2.24) is 0 Å². The molecular formula is C13H9ClO3. The lowest BCUT2D eigenvalue weighted by Gasteiger charge is -2.06. The second kappa shape index (κ2) is 4.89. The molecule has 2 aromatic carbocycles. The van der Waals surface area contributed by atoms with Crippen LogP contribution in [0, 0.1) is 0 Å². The number of hydrogen-bond acceptors (Lipinski definition) is 3. The second-order valence-electron chi connectivity index (χ2n) is 3.34. The lowest BCUT2D eigenvalue weighted by molar-refractivity contribution is 0.0731. The Bertz CT molecular complexity index is 538. The molecule has 0 aliphatic rings. The molecule has 0 amide bonds. The number of rotatable bonds is 2. The van der Waals surface area contributed by atoms with Gasteiger partial charge in [-0.3, -0.25) is 0 Å². The van der Waals surface area contributed by atoms with Crippen molar-refractivity contribution in [3.63, 3.8) is 0 Å². The Kier molecular flexibility index (Phi) is 3.30. The van der Waals surface area contributed by atoms with Crippen LogP contribution in [0.3, 0.4) is 0 Å². The summed E-state index contributed by atoms with van der Waals surface area (Å²) in [6.07, 6.45) is 0. The molecular weight excluding hydrogens is 240 g/mol. The molecule has 1 N–H and O–H groups in total. The number of esters is 1. The first-order valence-electron chi connectivity index (χ1n) is 4.93. The van der Waals surface area contributed by atoms with Crippen LogP contribution in [0.1, 0.15) is 10.4 Å². The molecule has 0 unspecified atom stereocenters. The average molecular weight is 249 g/mol. The lowest BCUT2D eigenvalue weighted by atomic mass is 10.2. The minimum Gasteiger partial charge on any atom is -0.505 e. The molecule has 3 nitrogen and oxygen atoms in total. The van der Waals surface area contributed by atoms with Crippen LogP contribution in [0.25, 0.3) is 0 Å². The number of phenolic OH excluding ortho intramolecular Hbond substituents is 1. The van der Waals surface area contributed by atoms with E-state index in [2.05, 4.69) is 0 Å². The van der Waals surface area contributed by atoms with Crippen molar-refractivity contribution in [3.8, 4) is 11.5 Å². The third-order valence-corrected chi connectivity index (χ3v) is 2.47. The van der Waals surface area contributed by atoms with Gasteiger partial charge in [0.1, 0.15) is 17.1 Å². The van der Waals surface area contributed by atoms with Gasteiger partial charge in [0.25, 0.3) is 0 Å². The molecule has 0 radical (unpaired) electrons. The predicted molar refractivity (Wildman–Crippen MR) is 64.5 cm³/mol. The van der Waals surface area contributed by atoms with Crippen LogP contribution in [0.4, 0.5) is 0 Å². The Balaban J connectivity index is 2.24. The first-order valence-corrected chi connectivity index (χ1v) is 5.31. The molecule has 0 saturated heterocycles. The molecule has 2 aromatic rings. The van der Waals surface area contributed by atoms with E-state index < -0.39 is 5.97 Å². The van der Waals surface area contributed by atoms with Crippen LogP contribution in [-0.2, 0) is 0 Å². The van der Waals surface area contributed by atoms with Gasteiger partial charge in [-0.05, 0) is 24.3 Å². The monoisotopic (exact) mass is 248 g/mol. The van der Waals surface area contributed by atoms with Crippen LogP contribution >= 0.6 is 11.6 Å². The van der Waals surface area contributed by atoms with Gasteiger partial charge in [0, 0.05) is 0 Å². The number of phenols is 1. The maximum Gasteiger partial charge on any atom is 0.347 e. The summed E-state index contributed by atoms with van der Waals surface area (Å²) in [6.45, 7) is 0. The van der Waals surface area contributed by atoms with E-state index in [0.29, 0.717) is 5.75 Å². The highest BCUT2D eigenvalue weighted by Gasteiger charge is 2.15. The Hall–Kier alpha value is -2.00. The highest BCUT2D eigenvalue weighted by Crippen LogP contribution is 2.27. The third kappa shape index (κ3) is 2.57. The van der Waals surface area contributed by atoms with E-state index in [0.717, 1.165) is 0 Å². The first kappa shape index (κ1) is 11.5. The Morgan fingerprint density at radius 2 is 1.76 bits per heavy atom. The van der Waals surface area contributed by atoms with Gasteiger partial charge in [-0.1, -0.05) is 35.9 Å². The predicted octanol–water partition coefficient (Wildman–Crippen LogP) is 3.26. The largest absolute Gasteiger partial charge is 0.505 e. The summed E-state index contributed by atoms with van der Waals surface area (Å²) in [6, 6.07) is 13.1. The molecule has 2 rings (SSSR count). The van der Waals surface area contributed by atoms with Crippen LogP contribution in [0.15, 0.2) is 48.5 Å². The fraction of sp³-hybridized carbons (Fsp3) is 0. The third-order valence-electron chi connectivity index (χ3n) is 2.16. The Morgan fingerprint density at radius 3 is 2.47 bits per heavy atom. The first-order chi connectivity index (χ1) is 8.18. The fourth-order valence-electron chi connectivity index (χ4n) is 1.33. The van der Waals surface area contributed by atoms with E-state index in [1.807, 2.05) is 6.07 Å². The molecule has 0 fully saturated rings. The molecule has 86 valence electrons. The van der Waals surface area contributed by atoms with E-state index >= 15 is 0 Å². The molecule has 0 aliphatic carbocycles. The number of halogens is 1. The number of ether oxygens (including phenoxy) is 1. The quantitative estimate of drug-likeness (QED) is 0.655. The summed E-state index contributed by atoms with van der Waals surface area (Å²) in [4.78, 5) is 11.7. The van der Waals surface area contributed by atoms with Crippen molar-refractivity contribution < 1.29 is 14.6 Å². The number of hydrogen-bond donors (Lipinski definition) is 1. The number of aromatic hydroxyl groups is 1. The zero-order valence-corrected chi connectivity index (χ0v) is 9.52. The van der Waals surface area contributed by atoms with Gasteiger partial charge in [0.05, 0.1) is 5.02 Å². The summed E-state index contributed by atoms with van der Waals surface area (Å²) in [5, 5.41) is 9.73. The van der Waals surface area contributed by atoms with Crippen LogP contribution < -0.4 is 4.74 Å². The van der Waals surface area contributed by atoms with E-state index in [-0.39, 0.29) is 16.3 Å². The van der Waals surface area contributed by atoms with Crippen LogP contribution in [0.5, 0.6) is 11.5 Å². The topological polar surface area (TPSA) is 46.5 Å². The Labute approximate surface area is 103 Å². The molecule has 0 aromatic heterocycles. The molecule has 0 atom stereocenters. The summed E-state index contributed by atoms with van der Waals surface area (Å²) in [5.74, 6) is -0.497. The van der Waals surface area contributed by atoms with E-state index in [9.17, 15) is 9.90 Å². The average Bonchev–Trinajstić information content (AvgIpc) is 2.34. The van der Waals surface area contributed by atoms with Gasteiger partial charge in [-0.25, -0.2) is 4.79 Å². The smallest absolute Gasteiger partial charge is 0.347 e. The summed E-state index contributed by atoms with van der Waals surface area (Å²) >= 11 is 5.70. The fourth-order valence-corrected chi connectivity index (χ4v) is 1.51. The molecule has 0 spiro atoms. The number of benzene rings is 2. The van der Waals surface area contributed by atoms with Gasteiger partial charge >= 0.3 is 5.97 Å². The van der Waals surface area contributed by atoms with E-state index in [4.69, 9.17) is 16.3 Å². The van der Waals surface area contributed by atoms with Crippen molar-refractivity contribution in [2.45, 2.75) is 0 Å². The summed E-state index contributed by atoms with van der Waals surface area (Å²) in [7, 11) is 0. The van der Waals surface area contributed by atoms with Crippen LogP contribution in [-0.4, -0.2) is 11.1 Å². The second-order valence-corrected chi connectivity index (χ2v) is 3.75. The SMILES string of the molecule is O=C(Oc1ccccc1)c1cccc(Cl)c1O. The number of carbonyl (C=O) groups is 1. The van der Waals surface area contributed by atoms with Gasteiger partial charge < -0.3 is 9.84 Å². The minimum atomic E-state index is -0.642. The minimum absolute atomic E-state index is 0.0429. The van der Waals surface area contributed by atoms with Crippen LogP contribution in [0.2, 0.25) is 5.02 Å². The normalized spacial score (nSPS) is 9.94. The number of para-hydroxylation sites is 2. The van der Waals surface area contributed by atoms with Gasteiger partial charge in [0.15, 0.2) is 0 Å². The van der Waals surface area contributed by atoms with Crippen molar-refractivity contribution in [1.29, 1.82) is 0 Å². The molecule has 0 heterocycles. The van der Waals surface area contributed by atoms with Gasteiger partial charge in [-0.15, -0.1) is 0 Å². The van der Waals surface area contributed by atoms with Crippen molar-refractivity contribution >= 4 is 17.6 Å². The highest BCUT2D eigenvalue weighted by atomic mass is 35.5. The molecule has 17 heavy (non-hydrogen) atoms. The van der Waals surface area contributed by atoms with Gasteiger partial charge in [-0.2, -0.15) is 0 Å². The zero-order valence-electron chi connectivity index (χ0n) is 8.76. The summed E-state index contributed by atoms with van der Waals surface area (Å²) in [5.41, 5.74) is 0.0429. The molecule has 0 aliphatic heterocycles. The maximum absolute atomic E-state index is 11.7. The highest BCUT2D eigenvalue weighted by molar-refractivity contribution is 6.32. The van der Waals surface area contributed by atoms with Gasteiger partial charge in [0.2, 0.25) is 0 Å². The van der Waals surface area contributed by atoms with E-state index in [1.54, 1.807) is 30.3 Å². The lowest BCUT2D eigenvalue weighted by Crippen LogP contribution is -2.08.